The van der Waals surface area contributed by atoms with E-state index in [-0.39, 0.29) is 17.2 Å². The molecule has 0 unspecified atom stereocenters. The van der Waals surface area contributed by atoms with Crippen molar-refractivity contribution in [2.45, 2.75) is 19.8 Å². The highest BCUT2D eigenvalue weighted by molar-refractivity contribution is 6.19. The molecule has 1 N–H and O–H groups in total. The number of nitro groups is 1. The SMILES string of the molecule is CC(C)c1ccc(/C=C(\C#N)C(=O)c2c[nH]c3ccccc23)cc1[N+](=O)[O-]. The molecule has 1 aromatic heterocycles. The van der Waals surface area contributed by atoms with Gasteiger partial charge in [-0.15, -0.1) is 0 Å². The Morgan fingerprint density at radius 2 is 2.00 bits per heavy atom. The zero-order chi connectivity index (χ0) is 19.6. The molecule has 6 nitrogen and oxygen atoms in total. The fraction of sp³-hybridized carbons (Fsp3) is 0.143. The van der Waals surface area contributed by atoms with Crippen molar-refractivity contribution in [1.29, 1.82) is 5.26 Å². The van der Waals surface area contributed by atoms with Crippen molar-refractivity contribution in [2.24, 2.45) is 0 Å². The number of hydrogen-bond donors (Lipinski definition) is 1. The summed E-state index contributed by atoms with van der Waals surface area (Å²) in [6, 6.07) is 14.0. The number of ketones is 1. The lowest BCUT2D eigenvalue weighted by atomic mass is 9.97. The summed E-state index contributed by atoms with van der Waals surface area (Å²) in [5.74, 6) is -0.433. The van der Waals surface area contributed by atoms with E-state index in [2.05, 4.69) is 4.98 Å². The van der Waals surface area contributed by atoms with Crippen LogP contribution in [0.2, 0.25) is 0 Å². The Morgan fingerprint density at radius 1 is 1.26 bits per heavy atom. The number of H-pyrrole nitrogens is 1. The number of nitro benzene ring substituents is 1. The first-order valence-electron chi connectivity index (χ1n) is 8.43. The van der Waals surface area contributed by atoms with E-state index in [1.165, 1.54) is 12.1 Å². The fourth-order valence-corrected chi connectivity index (χ4v) is 3.02. The molecule has 0 aliphatic rings. The van der Waals surface area contributed by atoms with E-state index in [0.29, 0.717) is 16.7 Å². The van der Waals surface area contributed by atoms with Gasteiger partial charge in [0.25, 0.3) is 5.69 Å². The molecular weight excluding hydrogens is 342 g/mol. The van der Waals surface area contributed by atoms with Crippen molar-refractivity contribution in [3.63, 3.8) is 0 Å². The summed E-state index contributed by atoms with van der Waals surface area (Å²) in [4.78, 5) is 26.7. The van der Waals surface area contributed by atoms with E-state index in [0.717, 1.165) is 10.9 Å². The first kappa shape index (κ1) is 18.1. The van der Waals surface area contributed by atoms with Gasteiger partial charge < -0.3 is 4.98 Å². The van der Waals surface area contributed by atoms with Gasteiger partial charge in [0.2, 0.25) is 5.78 Å². The second-order valence-corrected chi connectivity index (χ2v) is 6.48. The molecule has 0 amide bonds. The van der Waals surface area contributed by atoms with Crippen molar-refractivity contribution < 1.29 is 9.72 Å². The molecule has 3 rings (SSSR count). The molecule has 0 aliphatic heterocycles. The van der Waals surface area contributed by atoms with Gasteiger partial charge in [-0.2, -0.15) is 5.26 Å². The number of rotatable bonds is 5. The predicted molar refractivity (Wildman–Crippen MR) is 103 cm³/mol. The highest BCUT2D eigenvalue weighted by atomic mass is 16.6. The van der Waals surface area contributed by atoms with Crippen molar-refractivity contribution in [3.05, 3.63) is 81.0 Å². The average molecular weight is 359 g/mol. The molecule has 27 heavy (non-hydrogen) atoms. The van der Waals surface area contributed by atoms with Crippen LogP contribution in [0, 0.1) is 21.4 Å². The van der Waals surface area contributed by atoms with Crippen LogP contribution in [0.3, 0.4) is 0 Å². The van der Waals surface area contributed by atoms with Gasteiger partial charge in [-0.1, -0.05) is 44.2 Å². The topological polar surface area (TPSA) is 99.8 Å². The molecule has 0 bridgehead atoms. The van der Waals surface area contributed by atoms with E-state index in [9.17, 15) is 20.2 Å². The summed E-state index contributed by atoms with van der Waals surface area (Å²) in [5, 5.41) is 21.5. The monoisotopic (exact) mass is 359 g/mol. The number of hydrogen-bond acceptors (Lipinski definition) is 4. The molecule has 0 spiro atoms. The number of fused-ring (bicyclic) bond motifs is 1. The molecule has 1 heterocycles. The molecule has 0 saturated carbocycles. The quantitative estimate of drug-likeness (QED) is 0.228. The van der Waals surface area contributed by atoms with E-state index < -0.39 is 10.7 Å². The third-order valence-corrected chi connectivity index (χ3v) is 4.38. The lowest BCUT2D eigenvalue weighted by Crippen LogP contribution is -2.02. The minimum atomic E-state index is -0.444. The first-order valence-corrected chi connectivity index (χ1v) is 8.43. The number of nitrogens with zero attached hydrogens (tertiary/aromatic N) is 2. The highest BCUT2D eigenvalue weighted by Gasteiger charge is 2.19. The van der Waals surface area contributed by atoms with E-state index in [1.807, 2.05) is 38.1 Å². The number of nitrogens with one attached hydrogen (secondary N) is 1. The Bertz CT molecular complexity index is 1120. The van der Waals surface area contributed by atoms with Gasteiger partial charge in [0.15, 0.2) is 0 Å². The van der Waals surface area contributed by atoms with Gasteiger partial charge in [0.05, 0.1) is 4.92 Å². The molecule has 3 aromatic rings. The van der Waals surface area contributed by atoms with Crippen LogP contribution in [0.15, 0.2) is 54.2 Å². The van der Waals surface area contributed by atoms with Crippen LogP contribution in [-0.2, 0) is 0 Å². The highest BCUT2D eigenvalue weighted by Crippen LogP contribution is 2.28. The van der Waals surface area contributed by atoms with Crippen LogP contribution in [0.25, 0.3) is 17.0 Å². The number of para-hydroxylation sites is 1. The first-order chi connectivity index (χ1) is 12.9. The Hall–Kier alpha value is -3.72. The lowest BCUT2D eigenvalue weighted by molar-refractivity contribution is -0.385. The molecule has 2 aromatic carbocycles. The molecule has 0 aliphatic carbocycles. The van der Waals surface area contributed by atoms with E-state index in [4.69, 9.17) is 0 Å². The smallest absolute Gasteiger partial charge is 0.273 e. The second kappa shape index (κ2) is 7.26. The fourth-order valence-electron chi connectivity index (χ4n) is 3.02. The number of allylic oxidation sites excluding steroid dienone is 1. The molecule has 134 valence electrons. The minimum absolute atomic E-state index is 0.00767. The Labute approximate surface area is 155 Å². The van der Waals surface area contributed by atoms with E-state index >= 15 is 0 Å². The standard InChI is InChI=1S/C21H17N3O3/c1-13(2)16-8-7-14(10-20(16)24(26)27)9-15(11-22)21(25)18-12-23-19-6-4-3-5-17(18)19/h3-10,12-13,23H,1-2H3/b15-9+. The number of carbonyl (C=O) groups excluding carboxylic acids is 1. The largest absolute Gasteiger partial charge is 0.360 e. The summed E-state index contributed by atoms with van der Waals surface area (Å²) in [5.41, 5.74) is 2.15. The zero-order valence-electron chi connectivity index (χ0n) is 14.9. The van der Waals surface area contributed by atoms with Gasteiger partial charge in [-0.05, 0) is 23.6 Å². The van der Waals surface area contributed by atoms with Crippen molar-refractivity contribution >= 4 is 28.4 Å². The molecule has 0 saturated heterocycles. The van der Waals surface area contributed by atoms with Gasteiger partial charge in [-0.3, -0.25) is 14.9 Å². The van der Waals surface area contributed by atoms with Gasteiger partial charge >= 0.3 is 0 Å². The van der Waals surface area contributed by atoms with Gasteiger partial charge in [0, 0.05) is 34.3 Å². The molecule has 6 heteroatoms. The maximum Gasteiger partial charge on any atom is 0.273 e. The molecule has 0 radical (unpaired) electrons. The van der Waals surface area contributed by atoms with Gasteiger partial charge in [0.1, 0.15) is 11.6 Å². The van der Waals surface area contributed by atoms with Gasteiger partial charge in [-0.25, -0.2) is 0 Å². The number of benzene rings is 2. The summed E-state index contributed by atoms with van der Waals surface area (Å²) >= 11 is 0. The molecule has 0 atom stereocenters. The number of carbonyl (C=O) groups is 1. The number of nitriles is 1. The number of aromatic amines is 1. The summed E-state index contributed by atoms with van der Waals surface area (Å²) < 4.78 is 0. The lowest BCUT2D eigenvalue weighted by Gasteiger charge is -2.07. The number of Topliss-reactive ketones (excluding diaryl/α,β-unsaturated/α-hetero) is 1. The Balaban J connectivity index is 2.04. The normalized spacial score (nSPS) is 11.6. The number of aromatic nitrogens is 1. The van der Waals surface area contributed by atoms with Crippen LogP contribution in [0.1, 0.15) is 41.3 Å². The summed E-state index contributed by atoms with van der Waals surface area (Å²) in [7, 11) is 0. The van der Waals surface area contributed by atoms with E-state index in [1.54, 1.807) is 24.4 Å². The predicted octanol–water partition coefficient (Wildman–Crippen LogP) is 4.99. The maximum atomic E-state index is 12.8. The van der Waals surface area contributed by atoms with Crippen molar-refractivity contribution in [3.8, 4) is 6.07 Å². The third-order valence-electron chi connectivity index (χ3n) is 4.38. The molecule has 0 fully saturated rings. The van der Waals surface area contributed by atoms with Crippen LogP contribution in [-0.4, -0.2) is 15.7 Å². The Kier molecular flexibility index (Phi) is 4.86. The van der Waals surface area contributed by atoms with Crippen molar-refractivity contribution in [2.75, 3.05) is 0 Å². The molecular formula is C21H17N3O3. The maximum absolute atomic E-state index is 12.8. The Morgan fingerprint density at radius 3 is 2.67 bits per heavy atom. The summed E-state index contributed by atoms with van der Waals surface area (Å²) in [6.45, 7) is 3.75. The summed E-state index contributed by atoms with van der Waals surface area (Å²) in [6.07, 6.45) is 2.96. The van der Waals surface area contributed by atoms with Crippen LogP contribution in [0.5, 0.6) is 0 Å². The van der Waals surface area contributed by atoms with Crippen LogP contribution >= 0.6 is 0 Å². The average Bonchev–Trinajstić information content (AvgIpc) is 3.09. The zero-order valence-corrected chi connectivity index (χ0v) is 14.9. The third kappa shape index (κ3) is 3.48. The van der Waals surface area contributed by atoms with Crippen LogP contribution < -0.4 is 0 Å². The van der Waals surface area contributed by atoms with Crippen LogP contribution in [0.4, 0.5) is 5.69 Å². The minimum Gasteiger partial charge on any atom is -0.360 e. The van der Waals surface area contributed by atoms with Crippen molar-refractivity contribution in [1.82, 2.24) is 4.98 Å². The second-order valence-electron chi connectivity index (χ2n) is 6.48.